The van der Waals surface area contributed by atoms with E-state index in [1.807, 2.05) is 0 Å². The zero-order chi connectivity index (χ0) is 0. The zero-order valence-electron chi connectivity index (χ0n) is 2.28. The van der Waals surface area contributed by atoms with Gasteiger partial charge >= 0.3 is 0 Å². The molecule has 1 atom stereocenters. The van der Waals surface area contributed by atoms with Gasteiger partial charge in [0.05, 0.1) is 0 Å². The van der Waals surface area contributed by atoms with Crippen molar-refractivity contribution in [3.63, 3.8) is 0 Å². The Morgan fingerprint density at radius 2 is 1.00 bits per heavy atom. The van der Waals surface area contributed by atoms with E-state index in [2.05, 4.69) is 0 Å². The first kappa shape index (κ1) is 39.4. The molecule has 19 valence electrons. The maximum Gasteiger partial charge on any atom is 0 e. The van der Waals surface area contributed by atoms with Crippen LogP contribution in [0.1, 0.15) is 0 Å². The second-order valence-electron chi connectivity index (χ2n) is 0. The van der Waals surface area contributed by atoms with E-state index < -0.39 is 0 Å². The van der Waals surface area contributed by atoms with Gasteiger partial charge in [-0.3, -0.25) is 0 Å². The van der Waals surface area contributed by atoms with Crippen LogP contribution >= 0.6 is 9.90 Å². The summed E-state index contributed by atoms with van der Waals surface area (Å²) in [5, 5.41) is 0. The third-order valence-corrected chi connectivity index (χ3v) is 0. The first-order chi connectivity index (χ1) is 0. The molecular weight excluding hydrogens is 134 g/mol. The second kappa shape index (κ2) is 20.7. The van der Waals surface area contributed by atoms with Gasteiger partial charge in [0.1, 0.15) is 0 Å². The minimum Gasteiger partial charge on any atom is -0.153 e. The molecule has 0 spiro atoms. The summed E-state index contributed by atoms with van der Waals surface area (Å²) in [5.41, 5.74) is 0. The van der Waals surface area contributed by atoms with Crippen molar-refractivity contribution in [3.05, 3.63) is 0 Å². The molecule has 0 aliphatic carbocycles. The topological polar surface area (TPSA) is 0 Å². The van der Waals surface area contributed by atoms with Crippen LogP contribution in [0, 0.1) is 0 Å². The van der Waals surface area contributed by atoms with Gasteiger partial charge in [0.2, 0.25) is 0 Å². The second-order valence-corrected chi connectivity index (χ2v) is 0. The SMILES string of the molecule is P.[Al].[Si].[Ti]. The van der Waals surface area contributed by atoms with Gasteiger partial charge in [0, 0.05) is 50.0 Å². The average Bonchev–Trinajstić information content (AvgIpc) is 0. The fourth-order valence-electron chi connectivity index (χ4n) is 0. The molecule has 4 heavy (non-hydrogen) atoms. The van der Waals surface area contributed by atoms with Crippen molar-refractivity contribution < 1.29 is 21.7 Å². The predicted molar refractivity (Wildman–Crippen MR) is 22.6 cm³/mol. The van der Waals surface area contributed by atoms with E-state index in [1.165, 1.54) is 0 Å². The first-order valence-corrected chi connectivity index (χ1v) is 0. The van der Waals surface area contributed by atoms with Gasteiger partial charge in [-0.15, -0.1) is 0 Å². The van der Waals surface area contributed by atoms with Crippen LogP contribution in [0.5, 0.6) is 0 Å². The Morgan fingerprint density at radius 1 is 1.00 bits per heavy atom. The van der Waals surface area contributed by atoms with E-state index in [4.69, 9.17) is 0 Å². The third-order valence-electron chi connectivity index (χ3n) is 0. The molecule has 0 amide bonds. The van der Waals surface area contributed by atoms with Crippen LogP contribution in [0.2, 0.25) is 0 Å². The molecule has 7 radical (unpaired) electrons. The van der Waals surface area contributed by atoms with Crippen LogP contribution in [0.4, 0.5) is 0 Å². The van der Waals surface area contributed by atoms with Crippen LogP contribution in [0.25, 0.3) is 0 Å². The fraction of sp³-hybridized carbons (Fsp3) is 0. The Labute approximate surface area is 59.8 Å². The Morgan fingerprint density at radius 3 is 1.00 bits per heavy atom. The summed E-state index contributed by atoms with van der Waals surface area (Å²) in [5.74, 6) is 0. The van der Waals surface area contributed by atoms with Gasteiger partial charge in [-0.2, -0.15) is 9.90 Å². The molecule has 0 aromatic rings. The molecule has 0 aromatic heterocycles. The van der Waals surface area contributed by atoms with Crippen LogP contribution in [0.15, 0.2) is 0 Å². The quantitative estimate of drug-likeness (QED) is 0.305. The van der Waals surface area contributed by atoms with Gasteiger partial charge in [-0.25, -0.2) is 0 Å². The normalized spacial score (nSPS) is 0. The smallest absolute Gasteiger partial charge is 0 e. The van der Waals surface area contributed by atoms with E-state index in [1.54, 1.807) is 0 Å². The standard InChI is InChI=1S/Al.H3P.Si.Ti/h;1H3;;. The Balaban J connectivity index is 0. The molecule has 0 rings (SSSR count). The number of hydrogen-bond acceptors (Lipinski definition) is 0. The van der Waals surface area contributed by atoms with Crippen LogP contribution in [-0.4, -0.2) is 28.3 Å². The Hall–Kier alpha value is 1.89. The van der Waals surface area contributed by atoms with Crippen molar-refractivity contribution >= 4 is 38.2 Å². The Bertz CT molecular complexity index is 8.00. The van der Waals surface area contributed by atoms with E-state index in [0.29, 0.717) is 0 Å². The summed E-state index contributed by atoms with van der Waals surface area (Å²) >= 11 is 0. The summed E-state index contributed by atoms with van der Waals surface area (Å²) in [4.78, 5) is 0. The molecule has 1 unspecified atom stereocenters. The van der Waals surface area contributed by atoms with Crippen molar-refractivity contribution in [2.45, 2.75) is 0 Å². The van der Waals surface area contributed by atoms with Crippen LogP contribution < -0.4 is 0 Å². The van der Waals surface area contributed by atoms with E-state index >= 15 is 0 Å². The summed E-state index contributed by atoms with van der Waals surface area (Å²) in [6.07, 6.45) is 0. The molecule has 0 saturated heterocycles. The minimum absolute atomic E-state index is 0. The molecule has 0 aliphatic heterocycles. The van der Waals surface area contributed by atoms with E-state index in [-0.39, 0.29) is 59.9 Å². The largest absolute Gasteiger partial charge is 0.153 e. The molecule has 0 aliphatic rings. The molecule has 0 bridgehead atoms. The minimum atomic E-state index is 0. The van der Waals surface area contributed by atoms with Crippen molar-refractivity contribution in [2.24, 2.45) is 0 Å². The molecule has 0 nitrogen and oxygen atoms in total. The monoisotopic (exact) mass is 137 g/mol. The van der Waals surface area contributed by atoms with Crippen molar-refractivity contribution in [2.75, 3.05) is 0 Å². The molecule has 0 fully saturated rings. The van der Waals surface area contributed by atoms with Crippen molar-refractivity contribution in [1.82, 2.24) is 0 Å². The molecule has 4 heteroatoms. The molecule has 0 N–H and O–H groups in total. The Kier molecular flexibility index (Phi) is 204. The maximum absolute atomic E-state index is 0. The van der Waals surface area contributed by atoms with Crippen LogP contribution in [-0.2, 0) is 21.7 Å². The fourth-order valence-corrected chi connectivity index (χ4v) is 0. The van der Waals surface area contributed by atoms with Gasteiger partial charge < -0.3 is 0 Å². The van der Waals surface area contributed by atoms with Crippen molar-refractivity contribution in [1.29, 1.82) is 0 Å². The van der Waals surface area contributed by atoms with Crippen LogP contribution in [0.3, 0.4) is 0 Å². The number of rotatable bonds is 0. The summed E-state index contributed by atoms with van der Waals surface area (Å²) in [6, 6.07) is 0. The van der Waals surface area contributed by atoms with Crippen molar-refractivity contribution in [3.8, 4) is 0 Å². The van der Waals surface area contributed by atoms with Gasteiger partial charge in [-0.1, -0.05) is 0 Å². The number of hydrogen-bond donors (Lipinski definition) is 0. The molecular formula is H3AlPSiTi. The maximum atomic E-state index is 0. The van der Waals surface area contributed by atoms with Gasteiger partial charge in [0.25, 0.3) is 0 Å². The van der Waals surface area contributed by atoms with E-state index in [0.717, 1.165) is 0 Å². The first-order valence-electron chi connectivity index (χ1n) is 0. The summed E-state index contributed by atoms with van der Waals surface area (Å²) in [6.45, 7) is 0. The van der Waals surface area contributed by atoms with Gasteiger partial charge in [-0.05, 0) is 0 Å². The third kappa shape index (κ3) is 9.09. The predicted octanol–water partition coefficient (Wildman–Crippen LogP) is -0.706. The summed E-state index contributed by atoms with van der Waals surface area (Å²) in [7, 11) is 0. The average molecular weight is 137 g/mol. The summed E-state index contributed by atoms with van der Waals surface area (Å²) < 4.78 is 0. The van der Waals surface area contributed by atoms with E-state index in [9.17, 15) is 0 Å². The van der Waals surface area contributed by atoms with Gasteiger partial charge in [0.15, 0.2) is 0 Å². The molecule has 0 heterocycles. The molecule has 0 saturated carbocycles. The zero-order valence-corrected chi connectivity index (χ0v) is 7.41. The molecule has 0 aromatic carbocycles.